The van der Waals surface area contributed by atoms with Crippen LogP contribution in [0.3, 0.4) is 0 Å². The Morgan fingerprint density at radius 2 is 1.70 bits per heavy atom. The lowest BCUT2D eigenvalue weighted by Crippen LogP contribution is -2.59. The van der Waals surface area contributed by atoms with Crippen LogP contribution in [0.5, 0.6) is 0 Å². The lowest BCUT2D eigenvalue weighted by atomic mass is 9.50. The van der Waals surface area contributed by atoms with Gasteiger partial charge in [-0.25, -0.2) is 0 Å². The van der Waals surface area contributed by atoms with Gasteiger partial charge in [0.1, 0.15) is 0 Å². The molecule has 2 nitrogen and oxygen atoms in total. The van der Waals surface area contributed by atoms with Crippen LogP contribution in [-0.2, 0) is 0 Å². The van der Waals surface area contributed by atoms with Gasteiger partial charge in [0.2, 0.25) is 0 Å². The number of aliphatic hydroxyl groups excluding tert-OH is 2. The summed E-state index contributed by atoms with van der Waals surface area (Å²) in [6, 6.07) is 0. The zero-order valence-electron chi connectivity index (χ0n) is 12.5. The Hall–Kier alpha value is -0.340. The Balaban J connectivity index is 1.68. The molecule has 4 rings (SSSR count). The fraction of sp³-hybridized carbons (Fsp3) is 0.889. The lowest BCUT2D eigenvalue weighted by molar-refractivity contribution is -0.176. The van der Waals surface area contributed by atoms with Gasteiger partial charge in [-0.15, -0.1) is 0 Å². The predicted octanol–water partition coefficient (Wildman–Crippen LogP) is 2.99. The first-order valence-electron chi connectivity index (χ1n) is 8.71. The van der Waals surface area contributed by atoms with Gasteiger partial charge < -0.3 is 10.2 Å². The summed E-state index contributed by atoms with van der Waals surface area (Å²) in [5.74, 6) is 4.04. The third-order valence-electron chi connectivity index (χ3n) is 7.19. The van der Waals surface area contributed by atoms with Crippen LogP contribution in [0.1, 0.15) is 45.4 Å². The van der Waals surface area contributed by atoms with E-state index in [-0.39, 0.29) is 0 Å². The first kappa shape index (κ1) is 13.3. The minimum absolute atomic E-state index is 0.348. The largest absolute Gasteiger partial charge is 0.390 e. The highest BCUT2D eigenvalue weighted by Gasteiger charge is 2.56. The van der Waals surface area contributed by atoms with E-state index in [1.54, 1.807) is 0 Å². The summed E-state index contributed by atoms with van der Waals surface area (Å²) < 4.78 is 0. The summed E-state index contributed by atoms with van der Waals surface area (Å²) in [5, 5.41) is 21.4. The molecule has 0 radical (unpaired) electrons. The van der Waals surface area contributed by atoms with E-state index in [1.807, 2.05) is 0 Å². The molecular formula is C18H28O2. The van der Waals surface area contributed by atoms with E-state index < -0.39 is 12.2 Å². The summed E-state index contributed by atoms with van der Waals surface area (Å²) in [6.07, 6.45) is 11.1. The second-order valence-electron chi connectivity index (χ2n) is 7.94. The summed E-state index contributed by atoms with van der Waals surface area (Å²) in [5.41, 5.74) is 0. The maximum absolute atomic E-state index is 10.8. The van der Waals surface area contributed by atoms with Crippen molar-refractivity contribution in [3.05, 3.63) is 12.2 Å². The van der Waals surface area contributed by atoms with E-state index in [1.165, 1.54) is 25.7 Å². The van der Waals surface area contributed by atoms with Crippen molar-refractivity contribution < 1.29 is 10.2 Å². The van der Waals surface area contributed by atoms with Crippen LogP contribution in [0.15, 0.2) is 12.2 Å². The number of aliphatic hydroxyl groups is 2. The second kappa shape index (κ2) is 4.84. The molecule has 20 heavy (non-hydrogen) atoms. The molecule has 2 heteroatoms. The van der Waals surface area contributed by atoms with Gasteiger partial charge in [-0.1, -0.05) is 31.9 Å². The highest BCUT2D eigenvalue weighted by atomic mass is 16.3. The van der Waals surface area contributed by atoms with Crippen LogP contribution < -0.4 is 0 Å². The van der Waals surface area contributed by atoms with Crippen LogP contribution in [0.25, 0.3) is 0 Å². The maximum Gasteiger partial charge on any atom is 0.0835 e. The lowest BCUT2D eigenvalue weighted by Gasteiger charge is -2.57. The van der Waals surface area contributed by atoms with Gasteiger partial charge in [0, 0.05) is 0 Å². The molecule has 4 aliphatic rings. The molecule has 3 fully saturated rings. The molecule has 112 valence electrons. The third-order valence-corrected chi connectivity index (χ3v) is 7.19. The van der Waals surface area contributed by atoms with Crippen molar-refractivity contribution >= 4 is 0 Å². The first-order chi connectivity index (χ1) is 9.68. The number of hydrogen-bond acceptors (Lipinski definition) is 2. The number of allylic oxidation sites excluding steroid dienone is 2. The molecule has 3 saturated carbocycles. The molecule has 9 atom stereocenters. The molecular weight excluding hydrogens is 248 g/mol. The van der Waals surface area contributed by atoms with Crippen LogP contribution in [0, 0.1) is 41.4 Å². The highest BCUT2D eigenvalue weighted by Crippen LogP contribution is 2.57. The van der Waals surface area contributed by atoms with Crippen molar-refractivity contribution in [2.24, 2.45) is 41.4 Å². The molecule has 9 unspecified atom stereocenters. The van der Waals surface area contributed by atoms with Gasteiger partial charge >= 0.3 is 0 Å². The maximum atomic E-state index is 10.8. The number of rotatable bonds is 0. The van der Waals surface area contributed by atoms with E-state index in [0.717, 1.165) is 18.8 Å². The molecule has 2 N–H and O–H groups in total. The highest BCUT2D eigenvalue weighted by molar-refractivity contribution is 5.12. The summed E-state index contributed by atoms with van der Waals surface area (Å²) in [7, 11) is 0. The Morgan fingerprint density at radius 3 is 2.55 bits per heavy atom. The second-order valence-corrected chi connectivity index (χ2v) is 7.94. The fourth-order valence-corrected chi connectivity index (χ4v) is 6.43. The van der Waals surface area contributed by atoms with Gasteiger partial charge in [-0.3, -0.25) is 0 Å². The normalized spacial score (nSPS) is 57.9. The van der Waals surface area contributed by atoms with Crippen molar-refractivity contribution in [2.45, 2.75) is 57.7 Å². The van der Waals surface area contributed by atoms with E-state index in [2.05, 4.69) is 19.1 Å². The summed E-state index contributed by atoms with van der Waals surface area (Å²) in [4.78, 5) is 0. The average Bonchev–Trinajstić information content (AvgIpc) is 2.92. The first-order valence-corrected chi connectivity index (χ1v) is 8.71. The molecule has 0 amide bonds. The summed E-state index contributed by atoms with van der Waals surface area (Å²) >= 11 is 0. The van der Waals surface area contributed by atoms with E-state index >= 15 is 0 Å². The topological polar surface area (TPSA) is 40.5 Å². The van der Waals surface area contributed by atoms with Crippen LogP contribution in [0.4, 0.5) is 0 Å². The molecule has 0 bridgehead atoms. The zero-order chi connectivity index (χ0) is 13.9. The SMILES string of the molecule is CC1CCCC2C(O)C(O)C3C4CC=CC4CCC3C12. The minimum Gasteiger partial charge on any atom is -0.390 e. The molecule has 4 aliphatic carbocycles. The van der Waals surface area contributed by atoms with Crippen LogP contribution >= 0.6 is 0 Å². The quantitative estimate of drug-likeness (QED) is 0.668. The van der Waals surface area contributed by atoms with Crippen molar-refractivity contribution in [3.8, 4) is 0 Å². The van der Waals surface area contributed by atoms with E-state index in [9.17, 15) is 10.2 Å². The van der Waals surface area contributed by atoms with Gasteiger partial charge in [-0.2, -0.15) is 0 Å². The molecule has 0 aromatic heterocycles. The van der Waals surface area contributed by atoms with E-state index in [0.29, 0.717) is 35.5 Å². The third kappa shape index (κ3) is 1.77. The summed E-state index contributed by atoms with van der Waals surface area (Å²) in [6.45, 7) is 2.39. The number of fused-ring (bicyclic) bond motifs is 5. The Bertz CT molecular complexity index is 404. The predicted molar refractivity (Wildman–Crippen MR) is 79.0 cm³/mol. The van der Waals surface area contributed by atoms with Crippen molar-refractivity contribution in [1.29, 1.82) is 0 Å². The molecule has 0 saturated heterocycles. The van der Waals surface area contributed by atoms with Gasteiger partial charge in [0.25, 0.3) is 0 Å². The molecule has 0 aromatic rings. The van der Waals surface area contributed by atoms with Crippen molar-refractivity contribution in [1.82, 2.24) is 0 Å². The average molecular weight is 276 g/mol. The monoisotopic (exact) mass is 276 g/mol. The van der Waals surface area contributed by atoms with Gasteiger partial charge in [0.15, 0.2) is 0 Å². The van der Waals surface area contributed by atoms with Gasteiger partial charge in [-0.05, 0) is 67.1 Å². The van der Waals surface area contributed by atoms with Crippen LogP contribution in [0.2, 0.25) is 0 Å². The smallest absolute Gasteiger partial charge is 0.0835 e. The molecule has 0 heterocycles. The van der Waals surface area contributed by atoms with Crippen LogP contribution in [-0.4, -0.2) is 22.4 Å². The zero-order valence-corrected chi connectivity index (χ0v) is 12.5. The standard InChI is InChI=1S/C18H28O2/c1-10-4-2-7-14-15(10)13-9-8-11-5-3-6-12(11)16(13)18(20)17(14)19/h3,5,10-20H,2,4,6-9H2,1H3. The van der Waals surface area contributed by atoms with Gasteiger partial charge in [0.05, 0.1) is 12.2 Å². The fourth-order valence-electron chi connectivity index (χ4n) is 6.43. The minimum atomic E-state index is -0.473. The number of hydrogen-bond donors (Lipinski definition) is 2. The molecule has 0 aliphatic heterocycles. The Labute approximate surface area is 122 Å². The van der Waals surface area contributed by atoms with Crippen molar-refractivity contribution in [3.63, 3.8) is 0 Å². The molecule has 0 spiro atoms. The van der Waals surface area contributed by atoms with E-state index in [4.69, 9.17) is 0 Å². The Morgan fingerprint density at radius 1 is 0.850 bits per heavy atom. The Kier molecular flexibility index (Phi) is 3.23. The van der Waals surface area contributed by atoms with Crippen molar-refractivity contribution in [2.75, 3.05) is 0 Å². The molecule has 0 aromatic carbocycles.